The number of nitrogens with one attached hydrogen (secondary N) is 2. The van der Waals surface area contributed by atoms with Crippen molar-refractivity contribution in [3.05, 3.63) is 64.9 Å². The van der Waals surface area contributed by atoms with E-state index < -0.39 is 18.0 Å². The molecule has 0 unspecified atom stereocenters. The molecule has 3 aromatic rings. The molecule has 3 heterocycles. The van der Waals surface area contributed by atoms with E-state index in [0.717, 1.165) is 21.2 Å². The number of carbonyl (C=O) groups excluding carboxylic acids is 3. The van der Waals surface area contributed by atoms with E-state index in [1.807, 2.05) is 35.7 Å². The van der Waals surface area contributed by atoms with Crippen LogP contribution in [-0.4, -0.2) is 40.3 Å². The second-order valence-electron chi connectivity index (χ2n) is 6.80. The average Bonchev–Trinajstić information content (AvgIpc) is 3.48. The zero-order chi connectivity index (χ0) is 20.9. The van der Waals surface area contributed by atoms with Crippen molar-refractivity contribution in [2.45, 2.75) is 25.4 Å². The lowest BCUT2D eigenvalue weighted by Crippen LogP contribution is -2.37. The molecule has 0 bridgehead atoms. The highest BCUT2D eigenvalue weighted by molar-refractivity contribution is 7.09. The van der Waals surface area contributed by atoms with Crippen LogP contribution in [0.5, 0.6) is 0 Å². The van der Waals surface area contributed by atoms with E-state index in [1.165, 1.54) is 6.26 Å². The summed E-state index contributed by atoms with van der Waals surface area (Å²) in [5.74, 6) is -0.228. The number of urea groups is 1. The third kappa shape index (κ3) is 4.57. The van der Waals surface area contributed by atoms with Gasteiger partial charge in [-0.1, -0.05) is 30.3 Å². The van der Waals surface area contributed by atoms with Gasteiger partial charge in [-0.05, 0) is 12.1 Å². The SMILES string of the molecule is O=C(C[C@H]1NC(=O)N(Cc2ccco2)C1=O)NCCc1nc(-c2ccccc2)cs1. The molecule has 0 aliphatic carbocycles. The van der Waals surface area contributed by atoms with Gasteiger partial charge >= 0.3 is 6.03 Å². The zero-order valence-electron chi connectivity index (χ0n) is 16.0. The Balaban J connectivity index is 1.24. The number of nitrogens with zero attached hydrogens (tertiary/aromatic N) is 2. The van der Waals surface area contributed by atoms with Crippen molar-refractivity contribution >= 4 is 29.2 Å². The van der Waals surface area contributed by atoms with Gasteiger partial charge in [0.05, 0.1) is 29.9 Å². The maximum Gasteiger partial charge on any atom is 0.325 e. The summed E-state index contributed by atoms with van der Waals surface area (Å²) in [6, 6.07) is 11.9. The number of imide groups is 1. The first-order valence-corrected chi connectivity index (χ1v) is 10.4. The first-order chi connectivity index (χ1) is 14.6. The molecule has 1 aliphatic heterocycles. The molecule has 1 atom stereocenters. The van der Waals surface area contributed by atoms with Crippen molar-refractivity contribution in [1.82, 2.24) is 20.5 Å². The number of hydrogen-bond acceptors (Lipinski definition) is 6. The number of rotatable bonds is 8. The smallest absolute Gasteiger partial charge is 0.325 e. The standard InChI is InChI=1S/C21H20N4O4S/c26-18(11-16-20(27)25(21(28)24-16)12-15-7-4-10-29-15)22-9-8-19-23-17(13-30-19)14-5-2-1-3-6-14/h1-7,10,13,16H,8-9,11-12H2,(H,22,26)(H,24,28)/t16-/m1/s1. The number of thiazole rings is 1. The van der Waals surface area contributed by atoms with Gasteiger partial charge in [0.25, 0.3) is 5.91 Å². The minimum Gasteiger partial charge on any atom is -0.467 e. The monoisotopic (exact) mass is 424 g/mol. The second kappa shape index (κ2) is 8.91. The Labute approximate surface area is 176 Å². The molecule has 4 amide bonds. The summed E-state index contributed by atoms with van der Waals surface area (Å²) in [5.41, 5.74) is 1.97. The third-order valence-electron chi connectivity index (χ3n) is 4.67. The molecule has 2 aromatic heterocycles. The number of amides is 4. The molecule has 8 nitrogen and oxygen atoms in total. The van der Waals surface area contributed by atoms with E-state index in [2.05, 4.69) is 15.6 Å². The Hall–Kier alpha value is -3.46. The normalized spacial score (nSPS) is 16.0. The van der Waals surface area contributed by atoms with Crippen molar-refractivity contribution in [3.63, 3.8) is 0 Å². The van der Waals surface area contributed by atoms with E-state index in [9.17, 15) is 14.4 Å². The predicted octanol–water partition coefficient (Wildman–Crippen LogP) is 2.57. The maximum atomic E-state index is 12.4. The molecule has 1 saturated heterocycles. The Bertz CT molecular complexity index is 1030. The van der Waals surface area contributed by atoms with Gasteiger partial charge in [-0.25, -0.2) is 9.78 Å². The highest BCUT2D eigenvalue weighted by Crippen LogP contribution is 2.21. The second-order valence-corrected chi connectivity index (χ2v) is 7.75. The van der Waals surface area contributed by atoms with E-state index in [4.69, 9.17) is 4.42 Å². The molecule has 1 aliphatic rings. The average molecular weight is 424 g/mol. The van der Waals surface area contributed by atoms with Crippen LogP contribution in [0.2, 0.25) is 0 Å². The molecule has 2 N–H and O–H groups in total. The summed E-state index contributed by atoms with van der Waals surface area (Å²) < 4.78 is 5.18. The lowest BCUT2D eigenvalue weighted by atomic mass is 10.2. The van der Waals surface area contributed by atoms with Gasteiger partial charge in [0.15, 0.2) is 0 Å². The molecule has 0 saturated carbocycles. The Morgan fingerprint density at radius 2 is 2.03 bits per heavy atom. The topological polar surface area (TPSA) is 105 Å². The van der Waals surface area contributed by atoms with Crippen LogP contribution in [0, 0.1) is 0 Å². The van der Waals surface area contributed by atoms with E-state index >= 15 is 0 Å². The molecule has 0 radical (unpaired) electrons. The molecule has 9 heteroatoms. The number of furan rings is 1. The highest BCUT2D eigenvalue weighted by Gasteiger charge is 2.39. The van der Waals surface area contributed by atoms with Crippen LogP contribution in [0.25, 0.3) is 11.3 Å². The van der Waals surface area contributed by atoms with E-state index in [1.54, 1.807) is 23.5 Å². The van der Waals surface area contributed by atoms with Crippen molar-refractivity contribution in [2.24, 2.45) is 0 Å². The Kier molecular flexibility index (Phi) is 5.89. The summed E-state index contributed by atoms with van der Waals surface area (Å²) in [6.45, 7) is 0.453. The van der Waals surface area contributed by atoms with Gasteiger partial charge < -0.3 is 15.1 Å². The van der Waals surface area contributed by atoms with E-state index in [-0.39, 0.29) is 18.9 Å². The molecular weight excluding hydrogens is 404 g/mol. The molecule has 30 heavy (non-hydrogen) atoms. The summed E-state index contributed by atoms with van der Waals surface area (Å²) in [7, 11) is 0. The highest BCUT2D eigenvalue weighted by atomic mass is 32.1. The Morgan fingerprint density at radius 3 is 2.80 bits per heavy atom. The van der Waals surface area contributed by atoms with Gasteiger partial charge in [0, 0.05) is 23.9 Å². The fourth-order valence-electron chi connectivity index (χ4n) is 3.16. The zero-order valence-corrected chi connectivity index (χ0v) is 16.9. The van der Waals surface area contributed by atoms with Gasteiger partial charge in [0.2, 0.25) is 5.91 Å². The first-order valence-electron chi connectivity index (χ1n) is 9.51. The molecule has 0 spiro atoms. The maximum absolute atomic E-state index is 12.4. The van der Waals surface area contributed by atoms with Crippen molar-refractivity contribution in [2.75, 3.05) is 6.54 Å². The summed E-state index contributed by atoms with van der Waals surface area (Å²) in [6.07, 6.45) is 1.97. The predicted molar refractivity (Wildman–Crippen MR) is 110 cm³/mol. The Morgan fingerprint density at radius 1 is 1.20 bits per heavy atom. The van der Waals surface area contributed by atoms with Crippen molar-refractivity contribution in [1.29, 1.82) is 0 Å². The van der Waals surface area contributed by atoms with Gasteiger partial charge in [0.1, 0.15) is 11.8 Å². The lowest BCUT2D eigenvalue weighted by Gasteiger charge is -2.11. The molecule has 1 aromatic carbocycles. The van der Waals surface area contributed by atoms with Crippen LogP contribution in [0.3, 0.4) is 0 Å². The third-order valence-corrected chi connectivity index (χ3v) is 5.58. The number of benzene rings is 1. The van der Waals surface area contributed by atoms with Crippen molar-refractivity contribution < 1.29 is 18.8 Å². The van der Waals surface area contributed by atoms with Gasteiger partial charge in [-0.15, -0.1) is 11.3 Å². The van der Waals surface area contributed by atoms with Crippen LogP contribution < -0.4 is 10.6 Å². The van der Waals surface area contributed by atoms with Crippen LogP contribution in [0.1, 0.15) is 17.2 Å². The van der Waals surface area contributed by atoms with E-state index in [0.29, 0.717) is 18.7 Å². The number of hydrogen-bond donors (Lipinski definition) is 2. The lowest BCUT2D eigenvalue weighted by molar-refractivity contribution is -0.131. The molecule has 4 rings (SSSR count). The first kappa shape index (κ1) is 19.8. The molecule has 1 fully saturated rings. The quantitative estimate of drug-likeness (QED) is 0.541. The fraction of sp³-hybridized carbons (Fsp3) is 0.238. The number of aromatic nitrogens is 1. The van der Waals surface area contributed by atoms with Gasteiger partial charge in [-0.2, -0.15) is 0 Å². The fourth-order valence-corrected chi connectivity index (χ4v) is 3.96. The molecule has 154 valence electrons. The van der Waals surface area contributed by atoms with Crippen LogP contribution in [0.4, 0.5) is 4.79 Å². The summed E-state index contributed by atoms with van der Waals surface area (Å²) in [4.78, 5) is 42.3. The largest absolute Gasteiger partial charge is 0.467 e. The summed E-state index contributed by atoms with van der Waals surface area (Å²) >= 11 is 1.54. The number of carbonyl (C=O) groups is 3. The van der Waals surface area contributed by atoms with Crippen LogP contribution in [-0.2, 0) is 22.6 Å². The minimum atomic E-state index is -0.864. The summed E-state index contributed by atoms with van der Waals surface area (Å²) in [5, 5.41) is 8.25. The minimum absolute atomic E-state index is 0.0452. The molecular formula is C21H20N4O4S. The van der Waals surface area contributed by atoms with Crippen molar-refractivity contribution in [3.8, 4) is 11.3 Å². The van der Waals surface area contributed by atoms with Gasteiger partial charge in [-0.3, -0.25) is 14.5 Å². The van der Waals surface area contributed by atoms with Crippen LogP contribution >= 0.6 is 11.3 Å². The van der Waals surface area contributed by atoms with Crippen LogP contribution in [0.15, 0.2) is 58.5 Å².